The number of likely N-dealkylation sites (N-methyl/N-ethyl adjacent to an activating group) is 1. The molecule has 1 amide bonds. The zero-order valence-corrected chi connectivity index (χ0v) is 18.1. The van der Waals surface area contributed by atoms with Crippen molar-refractivity contribution >= 4 is 39.3 Å². The number of hydrogen-bond donors (Lipinski definition) is 0. The van der Waals surface area contributed by atoms with Gasteiger partial charge in [-0.05, 0) is 31.3 Å². The van der Waals surface area contributed by atoms with Gasteiger partial charge in [-0.1, -0.05) is 35.9 Å². The highest BCUT2D eigenvalue weighted by molar-refractivity contribution is 6.31. The standard InChI is InChI=1S/C23H22ClN5O2/c1-26-10-12-28(13-11-26)22(30)20-19-17-9-8-15(24)14-18(17)27(2)21(19)23(31)29(25-20)16-6-4-3-5-7-16/h3-9,14H,10-13H2,1-2H3. The van der Waals surface area contributed by atoms with Crippen LogP contribution in [0, 0.1) is 0 Å². The topological polar surface area (TPSA) is 63.4 Å². The van der Waals surface area contributed by atoms with Gasteiger partial charge in [-0.15, -0.1) is 0 Å². The number of carbonyl (C=O) groups is 1. The number of aromatic nitrogens is 3. The number of para-hydroxylation sites is 1. The lowest BCUT2D eigenvalue weighted by atomic mass is 10.1. The van der Waals surface area contributed by atoms with Gasteiger partial charge in [-0.2, -0.15) is 9.78 Å². The second-order valence-electron chi connectivity index (χ2n) is 7.94. The first-order valence-electron chi connectivity index (χ1n) is 10.2. The molecule has 4 aromatic rings. The second kappa shape index (κ2) is 7.51. The predicted octanol–water partition coefficient (Wildman–Crippen LogP) is 2.92. The Hall–Kier alpha value is -3.16. The highest BCUT2D eigenvalue weighted by atomic mass is 35.5. The summed E-state index contributed by atoms with van der Waals surface area (Å²) in [6.07, 6.45) is 0. The SMILES string of the molecule is CN1CCN(C(=O)c2nn(-c3ccccc3)c(=O)c3c2c2ccc(Cl)cc2n3C)CC1. The molecule has 7 nitrogen and oxygen atoms in total. The van der Waals surface area contributed by atoms with E-state index in [-0.39, 0.29) is 17.2 Å². The van der Waals surface area contributed by atoms with Crippen molar-refractivity contribution in [3.8, 4) is 5.69 Å². The molecule has 3 heterocycles. The zero-order chi connectivity index (χ0) is 21.7. The molecule has 0 N–H and O–H groups in total. The maximum atomic E-state index is 13.6. The molecule has 1 aliphatic rings. The van der Waals surface area contributed by atoms with Crippen molar-refractivity contribution in [1.29, 1.82) is 0 Å². The number of carbonyl (C=O) groups excluding carboxylic acids is 1. The van der Waals surface area contributed by atoms with Gasteiger partial charge in [0.15, 0.2) is 5.69 Å². The van der Waals surface area contributed by atoms with E-state index in [9.17, 15) is 9.59 Å². The molecule has 0 radical (unpaired) electrons. The summed E-state index contributed by atoms with van der Waals surface area (Å²) in [6, 6.07) is 14.6. The number of fused-ring (bicyclic) bond motifs is 3. The van der Waals surface area contributed by atoms with Crippen molar-refractivity contribution in [3.63, 3.8) is 0 Å². The minimum absolute atomic E-state index is 0.162. The smallest absolute Gasteiger partial charge is 0.296 e. The van der Waals surface area contributed by atoms with Gasteiger partial charge in [-0.25, -0.2) is 0 Å². The van der Waals surface area contributed by atoms with Crippen molar-refractivity contribution in [2.45, 2.75) is 0 Å². The summed E-state index contributed by atoms with van der Waals surface area (Å²) < 4.78 is 3.13. The van der Waals surface area contributed by atoms with Gasteiger partial charge < -0.3 is 14.4 Å². The third kappa shape index (κ3) is 3.21. The molecule has 0 saturated carbocycles. The number of halogens is 1. The molecule has 0 atom stereocenters. The first-order chi connectivity index (χ1) is 15.0. The second-order valence-corrected chi connectivity index (χ2v) is 8.38. The zero-order valence-electron chi connectivity index (χ0n) is 17.4. The van der Waals surface area contributed by atoms with Crippen LogP contribution >= 0.6 is 11.6 Å². The van der Waals surface area contributed by atoms with Crippen LogP contribution in [0.4, 0.5) is 0 Å². The van der Waals surface area contributed by atoms with Crippen molar-refractivity contribution in [1.82, 2.24) is 24.1 Å². The van der Waals surface area contributed by atoms with E-state index < -0.39 is 0 Å². The van der Waals surface area contributed by atoms with Crippen molar-refractivity contribution in [2.24, 2.45) is 7.05 Å². The molecule has 8 heteroatoms. The summed E-state index contributed by atoms with van der Waals surface area (Å²) >= 11 is 6.23. The molecule has 158 valence electrons. The minimum atomic E-state index is -0.272. The molecule has 2 aromatic heterocycles. The number of benzene rings is 2. The van der Waals surface area contributed by atoms with E-state index in [1.54, 1.807) is 10.6 Å². The Kier molecular flexibility index (Phi) is 4.79. The van der Waals surface area contributed by atoms with Gasteiger partial charge in [-0.3, -0.25) is 9.59 Å². The van der Waals surface area contributed by atoms with Crippen LogP contribution in [0.25, 0.3) is 27.5 Å². The maximum absolute atomic E-state index is 13.6. The first kappa shape index (κ1) is 19.8. The van der Waals surface area contributed by atoms with Crippen LogP contribution in [-0.2, 0) is 7.05 Å². The predicted molar refractivity (Wildman–Crippen MR) is 122 cm³/mol. The Balaban J connectivity index is 1.83. The van der Waals surface area contributed by atoms with E-state index in [0.29, 0.717) is 34.7 Å². The van der Waals surface area contributed by atoms with Crippen LogP contribution in [0.1, 0.15) is 10.5 Å². The van der Waals surface area contributed by atoms with Gasteiger partial charge in [0.25, 0.3) is 11.5 Å². The number of rotatable bonds is 2. The number of aryl methyl sites for hydroxylation is 1. The van der Waals surface area contributed by atoms with Crippen molar-refractivity contribution < 1.29 is 4.79 Å². The Morgan fingerprint density at radius 3 is 2.42 bits per heavy atom. The molecule has 5 rings (SSSR count). The van der Waals surface area contributed by atoms with Crippen LogP contribution in [-0.4, -0.2) is 63.3 Å². The highest BCUT2D eigenvalue weighted by Gasteiger charge is 2.28. The number of hydrogen-bond acceptors (Lipinski definition) is 4. The molecular formula is C23H22ClN5O2. The van der Waals surface area contributed by atoms with Crippen LogP contribution < -0.4 is 5.56 Å². The average Bonchev–Trinajstić information content (AvgIpc) is 3.07. The van der Waals surface area contributed by atoms with E-state index >= 15 is 0 Å². The van der Waals surface area contributed by atoms with Crippen LogP contribution in [0.3, 0.4) is 0 Å². The lowest BCUT2D eigenvalue weighted by molar-refractivity contribution is 0.0658. The number of amides is 1. The van der Waals surface area contributed by atoms with Gasteiger partial charge in [0.1, 0.15) is 5.52 Å². The Bertz CT molecular complexity index is 1370. The molecule has 31 heavy (non-hydrogen) atoms. The van der Waals surface area contributed by atoms with E-state index in [1.807, 2.05) is 61.5 Å². The normalized spacial score (nSPS) is 15.1. The van der Waals surface area contributed by atoms with Gasteiger partial charge in [0.2, 0.25) is 0 Å². The Morgan fingerprint density at radius 2 is 1.71 bits per heavy atom. The first-order valence-corrected chi connectivity index (χ1v) is 10.6. The lowest BCUT2D eigenvalue weighted by Gasteiger charge is -2.32. The minimum Gasteiger partial charge on any atom is -0.339 e. The molecule has 1 aliphatic heterocycles. The summed E-state index contributed by atoms with van der Waals surface area (Å²) in [6.45, 7) is 2.86. The monoisotopic (exact) mass is 435 g/mol. The molecule has 2 aromatic carbocycles. The van der Waals surface area contributed by atoms with Gasteiger partial charge >= 0.3 is 0 Å². The third-order valence-electron chi connectivity index (χ3n) is 5.99. The lowest BCUT2D eigenvalue weighted by Crippen LogP contribution is -2.47. The molecule has 0 bridgehead atoms. The van der Waals surface area contributed by atoms with Crippen LogP contribution in [0.5, 0.6) is 0 Å². The Labute approximate surface area is 184 Å². The van der Waals surface area contributed by atoms with E-state index in [4.69, 9.17) is 11.6 Å². The quantitative estimate of drug-likeness (QED) is 0.485. The van der Waals surface area contributed by atoms with E-state index in [2.05, 4.69) is 10.00 Å². The summed E-state index contributed by atoms with van der Waals surface area (Å²) in [5.41, 5.74) is 1.86. The van der Waals surface area contributed by atoms with Gasteiger partial charge in [0, 0.05) is 49.0 Å². The summed E-state index contributed by atoms with van der Waals surface area (Å²) in [5.74, 6) is -0.162. The fourth-order valence-electron chi connectivity index (χ4n) is 4.25. The van der Waals surface area contributed by atoms with E-state index in [0.717, 1.165) is 24.0 Å². The van der Waals surface area contributed by atoms with Crippen LogP contribution in [0.15, 0.2) is 53.3 Å². The summed E-state index contributed by atoms with van der Waals surface area (Å²) in [4.78, 5) is 31.2. The van der Waals surface area contributed by atoms with E-state index in [1.165, 1.54) is 4.68 Å². The molecule has 1 fully saturated rings. The molecule has 0 spiro atoms. The van der Waals surface area contributed by atoms with Gasteiger partial charge in [0.05, 0.1) is 11.2 Å². The third-order valence-corrected chi connectivity index (χ3v) is 6.22. The number of nitrogens with zero attached hydrogens (tertiary/aromatic N) is 5. The Morgan fingerprint density at radius 1 is 1.00 bits per heavy atom. The van der Waals surface area contributed by atoms with Crippen molar-refractivity contribution in [2.75, 3.05) is 33.2 Å². The molecule has 1 saturated heterocycles. The molecule has 0 unspecified atom stereocenters. The molecule has 0 aliphatic carbocycles. The average molecular weight is 436 g/mol. The maximum Gasteiger partial charge on any atom is 0.296 e. The van der Waals surface area contributed by atoms with Crippen LogP contribution in [0.2, 0.25) is 5.02 Å². The summed E-state index contributed by atoms with van der Waals surface area (Å²) in [7, 11) is 3.87. The largest absolute Gasteiger partial charge is 0.339 e. The summed E-state index contributed by atoms with van der Waals surface area (Å²) in [5, 5.41) is 6.55. The number of piperazine rings is 1. The fraction of sp³-hybridized carbons (Fsp3) is 0.261. The molecular weight excluding hydrogens is 414 g/mol. The fourth-order valence-corrected chi connectivity index (χ4v) is 4.41. The van der Waals surface area contributed by atoms with Crippen molar-refractivity contribution in [3.05, 3.63) is 69.6 Å². The highest BCUT2D eigenvalue weighted by Crippen LogP contribution is 2.31.